The number of thioether (sulfide) groups is 1. The van der Waals surface area contributed by atoms with Gasteiger partial charge in [-0.1, -0.05) is 48.2 Å². The summed E-state index contributed by atoms with van der Waals surface area (Å²) in [6.45, 7) is 0. The summed E-state index contributed by atoms with van der Waals surface area (Å²) < 4.78 is 0.418. The zero-order chi connectivity index (χ0) is 18.0. The number of carboxylic acids is 1. The minimum Gasteiger partial charge on any atom is -0.508 e. The fraction of sp³-hybridized carbons (Fsp3) is 0.0556. The lowest BCUT2D eigenvalue weighted by molar-refractivity contribution is -0.136. The summed E-state index contributed by atoms with van der Waals surface area (Å²) in [5.74, 6) is -0.976. The lowest BCUT2D eigenvalue weighted by Crippen LogP contribution is -2.27. The van der Waals surface area contributed by atoms with E-state index in [-0.39, 0.29) is 18.1 Å². The Labute approximate surface area is 153 Å². The van der Waals surface area contributed by atoms with Crippen molar-refractivity contribution in [3.05, 3.63) is 64.6 Å². The Morgan fingerprint density at radius 3 is 2.36 bits per heavy atom. The van der Waals surface area contributed by atoms with E-state index in [0.717, 1.165) is 5.56 Å². The van der Waals surface area contributed by atoms with E-state index in [0.29, 0.717) is 20.5 Å². The highest BCUT2D eigenvalue weighted by Gasteiger charge is 2.33. The maximum Gasteiger partial charge on any atom is 0.307 e. The zero-order valence-corrected chi connectivity index (χ0v) is 14.5. The van der Waals surface area contributed by atoms with E-state index in [1.807, 2.05) is 0 Å². The number of benzene rings is 2. The van der Waals surface area contributed by atoms with Crippen LogP contribution in [-0.2, 0) is 16.0 Å². The third kappa shape index (κ3) is 3.89. The number of aliphatic carboxylic acids is 1. The molecule has 0 atom stereocenters. The second-order valence-corrected chi connectivity index (χ2v) is 7.02. The SMILES string of the molecule is O=C(O)Cc1ccc(N2C(=O)/C(=C/c3ccc(O)cc3)SC2=S)cc1. The zero-order valence-electron chi connectivity index (χ0n) is 12.9. The average molecular weight is 371 g/mol. The number of carbonyl (C=O) groups excluding carboxylic acids is 1. The van der Waals surface area contributed by atoms with E-state index in [2.05, 4.69) is 0 Å². The van der Waals surface area contributed by atoms with Gasteiger partial charge in [-0.25, -0.2) is 0 Å². The first-order chi connectivity index (χ1) is 11.9. The molecular formula is C18H13NO4S2. The molecular weight excluding hydrogens is 358 g/mol. The summed E-state index contributed by atoms with van der Waals surface area (Å²) in [5.41, 5.74) is 2.04. The number of amides is 1. The lowest BCUT2D eigenvalue weighted by Gasteiger charge is -2.14. The Morgan fingerprint density at radius 1 is 1.12 bits per heavy atom. The van der Waals surface area contributed by atoms with Crippen molar-refractivity contribution in [2.24, 2.45) is 0 Å². The molecule has 126 valence electrons. The number of phenolic OH excluding ortho intramolecular Hbond substituents is 1. The third-order valence-electron chi connectivity index (χ3n) is 3.53. The molecule has 1 aliphatic heterocycles. The van der Waals surface area contributed by atoms with Crippen LogP contribution in [0.25, 0.3) is 6.08 Å². The van der Waals surface area contributed by atoms with Crippen LogP contribution in [0.2, 0.25) is 0 Å². The molecule has 0 aliphatic carbocycles. The van der Waals surface area contributed by atoms with Crippen LogP contribution in [0, 0.1) is 0 Å². The molecule has 1 aliphatic rings. The van der Waals surface area contributed by atoms with Gasteiger partial charge in [-0.3, -0.25) is 14.5 Å². The van der Waals surface area contributed by atoms with Crippen LogP contribution < -0.4 is 4.90 Å². The Morgan fingerprint density at radius 2 is 1.76 bits per heavy atom. The van der Waals surface area contributed by atoms with Gasteiger partial charge in [0.1, 0.15) is 5.75 Å². The van der Waals surface area contributed by atoms with Crippen LogP contribution in [0.5, 0.6) is 5.75 Å². The maximum atomic E-state index is 12.7. The second-order valence-electron chi connectivity index (χ2n) is 5.35. The summed E-state index contributed by atoms with van der Waals surface area (Å²) in [5, 5.41) is 18.1. The van der Waals surface area contributed by atoms with Crippen LogP contribution in [0.3, 0.4) is 0 Å². The van der Waals surface area contributed by atoms with Crippen LogP contribution in [0.4, 0.5) is 5.69 Å². The number of carbonyl (C=O) groups is 2. The Kier molecular flexibility index (Phi) is 4.87. The van der Waals surface area contributed by atoms with Gasteiger partial charge in [-0.15, -0.1) is 0 Å². The normalized spacial score (nSPS) is 15.8. The first kappa shape index (κ1) is 17.2. The summed E-state index contributed by atoms with van der Waals surface area (Å²) in [4.78, 5) is 25.3. The molecule has 0 saturated carbocycles. The molecule has 5 nitrogen and oxygen atoms in total. The fourth-order valence-electron chi connectivity index (χ4n) is 2.35. The van der Waals surface area contributed by atoms with Gasteiger partial charge >= 0.3 is 5.97 Å². The first-order valence-corrected chi connectivity index (χ1v) is 8.54. The number of hydrogen-bond acceptors (Lipinski definition) is 5. The quantitative estimate of drug-likeness (QED) is 0.633. The minimum atomic E-state index is -0.907. The van der Waals surface area contributed by atoms with Crippen LogP contribution in [-0.4, -0.2) is 26.4 Å². The van der Waals surface area contributed by atoms with Crippen molar-refractivity contribution in [2.75, 3.05) is 4.90 Å². The van der Waals surface area contributed by atoms with E-state index in [1.54, 1.807) is 54.6 Å². The molecule has 0 spiro atoms. The molecule has 2 aromatic carbocycles. The predicted octanol–water partition coefficient (Wildman–Crippen LogP) is 3.43. The van der Waals surface area contributed by atoms with Gasteiger partial charge in [0.15, 0.2) is 4.32 Å². The third-order valence-corrected chi connectivity index (χ3v) is 4.84. The smallest absolute Gasteiger partial charge is 0.307 e. The number of anilines is 1. The van der Waals surface area contributed by atoms with E-state index < -0.39 is 5.97 Å². The number of thiocarbonyl (C=S) groups is 1. The van der Waals surface area contributed by atoms with E-state index in [9.17, 15) is 14.7 Å². The molecule has 1 saturated heterocycles. The second kappa shape index (κ2) is 7.08. The van der Waals surface area contributed by atoms with Gasteiger partial charge in [-0.05, 0) is 41.5 Å². The predicted molar refractivity (Wildman–Crippen MR) is 102 cm³/mol. The van der Waals surface area contributed by atoms with Crippen LogP contribution in [0.15, 0.2) is 53.4 Å². The van der Waals surface area contributed by atoms with Gasteiger partial charge in [-0.2, -0.15) is 0 Å². The van der Waals surface area contributed by atoms with Gasteiger partial charge in [0, 0.05) is 0 Å². The summed E-state index contributed by atoms with van der Waals surface area (Å²) in [6.07, 6.45) is 1.65. The number of carboxylic acid groups (broad SMARTS) is 1. The van der Waals surface area contributed by atoms with E-state index >= 15 is 0 Å². The highest BCUT2D eigenvalue weighted by atomic mass is 32.2. The minimum absolute atomic E-state index is 0.0700. The molecule has 1 fully saturated rings. The molecule has 3 rings (SSSR count). The van der Waals surface area contributed by atoms with E-state index in [4.69, 9.17) is 17.3 Å². The highest BCUT2D eigenvalue weighted by Crippen LogP contribution is 2.36. The van der Waals surface area contributed by atoms with E-state index in [1.165, 1.54) is 16.7 Å². The average Bonchev–Trinajstić information content (AvgIpc) is 2.84. The van der Waals surface area contributed by atoms with Crippen LogP contribution >= 0.6 is 24.0 Å². The number of aromatic hydroxyl groups is 1. The molecule has 7 heteroatoms. The van der Waals surface area contributed by atoms with Crippen molar-refractivity contribution in [1.29, 1.82) is 0 Å². The fourth-order valence-corrected chi connectivity index (χ4v) is 3.65. The highest BCUT2D eigenvalue weighted by molar-refractivity contribution is 8.27. The van der Waals surface area contributed by atoms with Gasteiger partial charge in [0.05, 0.1) is 17.0 Å². The Balaban J connectivity index is 1.83. The molecule has 0 radical (unpaired) electrons. The molecule has 1 amide bonds. The van der Waals surface area contributed by atoms with Gasteiger partial charge < -0.3 is 10.2 Å². The summed E-state index contributed by atoms with van der Waals surface area (Å²) >= 11 is 6.51. The standard InChI is InChI=1S/C18H13NO4S2/c20-14-7-3-11(4-8-14)9-15-17(23)19(18(24)25-15)13-5-1-12(2-6-13)10-16(21)22/h1-9,20H,10H2,(H,21,22)/b15-9-. The maximum absolute atomic E-state index is 12.7. The number of nitrogens with zero attached hydrogens (tertiary/aromatic N) is 1. The topological polar surface area (TPSA) is 77.8 Å². The van der Waals surface area contributed by atoms with Gasteiger partial charge in [0.25, 0.3) is 5.91 Å². The Hall–Kier alpha value is -2.64. The van der Waals surface area contributed by atoms with Crippen molar-refractivity contribution in [1.82, 2.24) is 0 Å². The van der Waals surface area contributed by atoms with Crippen molar-refractivity contribution in [3.63, 3.8) is 0 Å². The number of hydrogen-bond donors (Lipinski definition) is 2. The van der Waals surface area contributed by atoms with Crippen molar-refractivity contribution in [3.8, 4) is 5.75 Å². The van der Waals surface area contributed by atoms with Crippen molar-refractivity contribution < 1.29 is 19.8 Å². The Bertz CT molecular complexity index is 873. The molecule has 0 bridgehead atoms. The molecule has 2 aromatic rings. The van der Waals surface area contributed by atoms with Gasteiger partial charge in [0.2, 0.25) is 0 Å². The molecule has 0 aromatic heterocycles. The van der Waals surface area contributed by atoms with Crippen molar-refractivity contribution >= 4 is 51.9 Å². The number of phenols is 1. The van der Waals surface area contributed by atoms with Crippen LogP contribution in [0.1, 0.15) is 11.1 Å². The summed E-state index contributed by atoms with van der Waals surface area (Å²) in [6, 6.07) is 13.2. The molecule has 25 heavy (non-hydrogen) atoms. The molecule has 1 heterocycles. The molecule has 0 unspecified atom stereocenters. The molecule has 2 N–H and O–H groups in total. The number of rotatable bonds is 4. The first-order valence-electron chi connectivity index (χ1n) is 7.32. The van der Waals surface area contributed by atoms with Crippen molar-refractivity contribution in [2.45, 2.75) is 6.42 Å². The lowest BCUT2D eigenvalue weighted by atomic mass is 10.1. The summed E-state index contributed by atoms with van der Waals surface area (Å²) in [7, 11) is 0. The largest absolute Gasteiger partial charge is 0.508 e. The monoisotopic (exact) mass is 371 g/mol.